The van der Waals surface area contributed by atoms with Crippen molar-refractivity contribution in [1.82, 2.24) is 0 Å². The van der Waals surface area contributed by atoms with E-state index in [0.717, 1.165) is 27.8 Å². The van der Waals surface area contributed by atoms with Gasteiger partial charge in [0.15, 0.2) is 0 Å². The predicted octanol–water partition coefficient (Wildman–Crippen LogP) is 0.147. The molecule has 0 unspecified atom stereocenters. The molecule has 1 saturated heterocycles. The van der Waals surface area contributed by atoms with Crippen LogP contribution in [0.3, 0.4) is 0 Å². The first-order valence-electron chi connectivity index (χ1n) is 9.81. The van der Waals surface area contributed by atoms with E-state index in [1.807, 2.05) is 37.3 Å². The molecule has 29 heavy (non-hydrogen) atoms. The lowest BCUT2D eigenvalue weighted by Gasteiger charge is -2.40. The van der Waals surface area contributed by atoms with Crippen molar-refractivity contribution in [2.75, 3.05) is 6.61 Å². The van der Waals surface area contributed by atoms with Gasteiger partial charge in [0, 0.05) is 0 Å². The highest BCUT2D eigenvalue weighted by Gasteiger charge is 2.44. The molecule has 1 heterocycles. The quantitative estimate of drug-likeness (QED) is 0.559. The molecule has 2 aliphatic rings. The van der Waals surface area contributed by atoms with Crippen molar-refractivity contribution in [1.29, 1.82) is 0 Å². The number of hydrogen-bond donors (Lipinski definition) is 4. The van der Waals surface area contributed by atoms with Crippen molar-refractivity contribution in [3.8, 4) is 0 Å². The van der Waals surface area contributed by atoms with Gasteiger partial charge >= 0.3 is 0 Å². The van der Waals surface area contributed by atoms with E-state index in [9.17, 15) is 20.4 Å². The molecular weight excluding hydrogens is 366 g/mol. The maximum atomic E-state index is 10.4. The third-order valence-electron chi connectivity index (χ3n) is 6.14. The van der Waals surface area contributed by atoms with Gasteiger partial charge in [-0.1, -0.05) is 47.2 Å². The molecule has 148 valence electrons. The van der Waals surface area contributed by atoms with Crippen molar-refractivity contribution in [2.45, 2.75) is 55.5 Å². The number of fused-ring (bicyclic) bond motifs is 1. The summed E-state index contributed by atoms with van der Waals surface area (Å²) in [7, 11) is 12.0. The van der Waals surface area contributed by atoms with Crippen molar-refractivity contribution in [3.63, 3.8) is 0 Å². The van der Waals surface area contributed by atoms with Crippen LogP contribution in [0.4, 0.5) is 0 Å². The van der Waals surface area contributed by atoms with Crippen LogP contribution in [-0.2, 0) is 22.8 Å². The smallest absolute Gasteiger partial charge is 0.113 e. The Balaban J connectivity index is 1.59. The van der Waals surface area contributed by atoms with Crippen LogP contribution in [0.15, 0.2) is 36.4 Å². The molecule has 4 radical (unpaired) electrons. The molecule has 2 aromatic carbocycles. The monoisotopic (exact) mass is 390 g/mol. The second-order valence-electron chi connectivity index (χ2n) is 8.32. The maximum Gasteiger partial charge on any atom is 0.113 e. The van der Waals surface area contributed by atoms with E-state index >= 15 is 0 Å². The van der Waals surface area contributed by atoms with E-state index in [2.05, 4.69) is 6.07 Å². The Labute approximate surface area is 173 Å². The molecule has 5 nitrogen and oxygen atoms in total. The maximum absolute atomic E-state index is 10.4. The standard InChI is InChI=1S/C22H24B2O5/c1-11-2-4-13(21-20(28)19(27)18(26)17(10-25)29-21)8-14(11)6-12-3-5-16-15(7-12)9-22(16,23)24/h2-5,7-8,17-21,25-28H,6,9-10H2,1H3/t17-,18-,19+,20-,21+/m1/s1. The summed E-state index contributed by atoms with van der Waals surface area (Å²) in [5, 5.41) is 39.2. The van der Waals surface area contributed by atoms with Gasteiger partial charge in [0.05, 0.1) is 22.3 Å². The Morgan fingerprint density at radius 1 is 1.03 bits per heavy atom. The molecule has 5 atom stereocenters. The first-order chi connectivity index (χ1) is 13.7. The van der Waals surface area contributed by atoms with Crippen LogP contribution in [-0.4, -0.2) is 67.1 Å². The fourth-order valence-electron chi connectivity index (χ4n) is 4.32. The lowest BCUT2D eigenvalue weighted by molar-refractivity contribution is -0.231. The van der Waals surface area contributed by atoms with Crippen molar-refractivity contribution >= 4 is 15.7 Å². The summed E-state index contributed by atoms with van der Waals surface area (Å²) in [6.07, 6.45) is -4.47. The minimum Gasteiger partial charge on any atom is -0.394 e. The average molecular weight is 390 g/mol. The van der Waals surface area contributed by atoms with E-state index in [1.54, 1.807) is 0 Å². The van der Waals surface area contributed by atoms with Crippen molar-refractivity contribution < 1.29 is 25.2 Å². The molecule has 0 spiro atoms. The third kappa shape index (κ3) is 3.66. The minimum atomic E-state index is -1.39. The molecule has 7 heteroatoms. The summed E-state index contributed by atoms with van der Waals surface area (Å²) in [5.41, 5.74) is 6.12. The molecule has 0 saturated carbocycles. The highest BCUT2D eigenvalue weighted by atomic mass is 16.5. The summed E-state index contributed by atoms with van der Waals surface area (Å²) >= 11 is 0. The second-order valence-corrected chi connectivity index (χ2v) is 8.32. The van der Waals surface area contributed by atoms with Gasteiger partial charge in [-0.05, 0) is 47.6 Å². The Morgan fingerprint density at radius 2 is 1.79 bits per heavy atom. The minimum absolute atomic E-state index is 0.445. The third-order valence-corrected chi connectivity index (χ3v) is 6.14. The number of hydrogen-bond acceptors (Lipinski definition) is 5. The molecule has 1 fully saturated rings. The van der Waals surface area contributed by atoms with Crippen LogP contribution in [0.1, 0.15) is 39.5 Å². The number of aliphatic hydroxyl groups excluding tert-OH is 4. The molecule has 0 amide bonds. The molecule has 4 rings (SSSR count). The molecular formula is C22H24B2O5. The van der Waals surface area contributed by atoms with Crippen LogP contribution >= 0.6 is 0 Å². The second kappa shape index (κ2) is 7.56. The lowest BCUT2D eigenvalue weighted by Crippen LogP contribution is -2.55. The van der Waals surface area contributed by atoms with Crippen LogP contribution < -0.4 is 0 Å². The Hall–Kier alpha value is -1.63. The summed E-state index contributed by atoms with van der Waals surface area (Å²) < 4.78 is 5.69. The molecule has 0 bridgehead atoms. The van der Waals surface area contributed by atoms with Gasteiger partial charge in [-0.15, -0.1) is 0 Å². The van der Waals surface area contributed by atoms with E-state index in [-0.39, 0.29) is 0 Å². The van der Waals surface area contributed by atoms with Gasteiger partial charge in [0.2, 0.25) is 0 Å². The van der Waals surface area contributed by atoms with Crippen LogP contribution in [0.25, 0.3) is 0 Å². The van der Waals surface area contributed by atoms with Crippen molar-refractivity contribution in [3.05, 3.63) is 69.8 Å². The summed E-state index contributed by atoms with van der Waals surface area (Å²) in [4.78, 5) is 0. The Kier molecular flexibility index (Phi) is 5.38. The Bertz CT molecular complexity index is 914. The molecule has 2 aromatic rings. The van der Waals surface area contributed by atoms with Gasteiger partial charge in [0.25, 0.3) is 0 Å². The fourth-order valence-corrected chi connectivity index (χ4v) is 4.32. The van der Waals surface area contributed by atoms with E-state index in [4.69, 9.17) is 20.4 Å². The van der Waals surface area contributed by atoms with Gasteiger partial charge in [0.1, 0.15) is 30.5 Å². The van der Waals surface area contributed by atoms with E-state index < -0.39 is 42.3 Å². The predicted molar refractivity (Wildman–Crippen MR) is 110 cm³/mol. The zero-order valence-corrected chi connectivity index (χ0v) is 16.3. The van der Waals surface area contributed by atoms with Crippen molar-refractivity contribution in [2.24, 2.45) is 0 Å². The number of aliphatic hydroxyl groups is 4. The van der Waals surface area contributed by atoms with Crippen LogP contribution in [0, 0.1) is 6.92 Å². The summed E-state index contributed by atoms with van der Waals surface area (Å²) in [5.74, 6) is 0. The van der Waals surface area contributed by atoms with E-state index in [1.165, 1.54) is 0 Å². The SMILES string of the molecule is [B]C1([B])Cc2cc(Cc3cc([C@@H]4O[C@H](CO)[C@@H](O)[C@H](O)[C@H]4O)ccc3C)ccc21. The van der Waals surface area contributed by atoms with Gasteiger partial charge in [-0.2, -0.15) is 0 Å². The normalized spacial score (nSPS) is 30.4. The largest absolute Gasteiger partial charge is 0.394 e. The zero-order chi connectivity index (χ0) is 20.9. The van der Waals surface area contributed by atoms with Gasteiger partial charge in [-0.25, -0.2) is 0 Å². The molecule has 1 aliphatic carbocycles. The van der Waals surface area contributed by atoms with E-state index in [0.29, 0.717) is 18.4 Å². The zero-order valence-electron chi connectivity index (χ0n) is 16.3. The fraction of sp³-hybridized carbons (Fsp3) is 0.455. The van der Waals surface area contributed by atoms with Crippen LogP contribution in [0.5, 0.6) is 0 Å². The first-order valence-corrected chi connectivity index (χ1v) is 9.81. The first kappa shape index (κ1) is 20.6. The van der Waals surface area contributed by atoms with Gasteiger partial charge in [-0.3, -0.25) is 0 Å². The summed E-state index contributed by atoms with van der Waals surface area (Å²) in [6.45, 7) is 1.57. The number of rotatable bonds is 4. The topological polar surface area (TPSA) is 90.2 Å². The highest BCUT2D eigenvalue weighted by molar-refractivity contribution is 6.41. The molecule has 4 N–H and O–H groups in total. The molecule has 1 aliphatic heterocycles. The Morgan fingerprint density at radius 3 is 2.45 bits per heavy atom. The molecule has 0 aromatic heterocycles. The number of benzene rings is 2. The van der Waals surface area contributed by atoms with Crippen LogP contribution in [0.2, 0.25) is 0 Å². The number of ether oxygens (including phenoxy) is 1. The van der Waals surface area contributed by atoms with Gasteiger partial charge < -0.3 is 25.2 Å². The number of aryl methyl sites for hydroxylation is 1. The average Bonchev–Trinajstić information content (AvgIpc) is 2.67. The summed E-state index contributed by atoms with van der Waals surface area (Å²) in [6, 6.07) is 11.8. The lowest BCUT2D eigenvalue weighted by atomic mass is 9.42. The highest BCUT2D eigenvalue weighted by Crippen LogP contribution is 2.37.